The van der Waals surface area contributed by atoms with Crippen LogP contribution in [0.25, 0.3) is 0 Å². The van der Waals surface area contributed by atoms with Crippen LogP contribution >= 0.6 is 11.3 Å². The van der Waals surface area contributed by atoms with E-state index in [1.807, 2.05) is 31.2 Å². The number of benzene rings is 1. The van der Waals surface area contributed by atoms with Crippen molar-refractivity contribution >= 4 is 22.8 Å². The SMILES string of the molecule is CCC(=O)c1ccc(NCCc2ccsc2)cc1. The van der Waals surface area contributed by atoms with Gasteiger partial charge in [0.05, 0.1) is 0 Å². The van der Waals surface area contributed by atoms with Crippen LogP contribution < -0.4 is 5.32 Å². The zero-order valence-electron chi connectivity index (χ0n) is 10.5. The zero-order valence-corrected chi connectivity index (χ0v) is 11.3. The van der Waals surface area contributed by atoms with Crippen molar-refractivity contribution in [2.45, 2.75) is 19.8 Å². The molecule has 0 radical (unpaired) electrons. The predicted molar refractivity (Wildman–Crippen MR) is 77.6 cm³/mol. The summed E-state index contributed by atoms with van der Waals surface area (Å²) in [5.74, 6) is 0.194. The molecule has 94 valence electrons. The minimum absolute atomic E-state index is 0.194. The van der Waals surface area contributed by atoms with Gasteiger partial charge < -0.3 is 5.32 Å². The maximum atomic E-state index is 11.5. The maximum Gasteiger partial charge on any atom is 0.162 e. The van der Waals surface area contributed by atoms with Gasteiger partial charge in [-0.3, -0.25) is 4.79 Å². The number of thiophene rings is 1. The van der Waals surface area contributed by atoms with Crippen LogP contribution in [0.1, 0.15) is 29.3 Å². The van der Waals surface area contributed by atoms with Gasteiger partial charge in [0.2, 0.25) is 0 Å². The van der Waals surface area contributed by atoms with Gasteiger partial charge in [-0.15, -0.1) is 0 Å². The predicted octanol–water partition coefficient (Wildman–Crippen LogP) is 4.00. The summed E-state index contributed by atoms with van der Waals surface area (Å²) in [6.07, 6.45) is 1.59. The molecule has 1 aromatic carbocycles. The van der Waals surface area contributed by atoms with Gasteiger partial charge in [-0.1, -0.05) is 6.92 Å². The Bertz CT molecular complexity index is 488. The molecule has 0 saturated heterocycles. The lowest BCUT2D eigenvalue weighted by atomic mass is 10.1. The third kappa shape index (κ3) is 3.44. The third-order valence-electron chi connectivity index (χ3n) is 2.85. The molecule has 1 N–H and O–H groups in total. The molecule has 2 rings (SSSR count). The first-order valence-electron chi connectivity index (χ1n) is 6.18. The minimum atomic E-state index is 0.194. The van der Waals surface area contributed by atoms with Crippen molar-refractivity contribution in [3.05, 3.63) is 52.2 Å². The number of anilines is 1. The normalized spacial score (nSPS) is 10.3. The highest BCUT2D eigenvalue weighted by molar-refractivity contribution is 7.07. The molecule has 0 spiro atoms. The van der Waals surface area contributed by atoms with Gasteiger partial charge in [0.25, 0.3) is 0 Å². The summed E-state index contributed by atoms with van der Waals surface area (Å²) in [4.78, 5) is 11.5. The monoisotopic (exact) mass is 259 g/mol. The van der Waals surface area contributed by atoms with Crippen LogP contribution in [0.5, 0.6) is 0 Å². The number of rotatable bonds is 6. The van der Waals surface area contributed by atoms with Crippen LogP contribution in [0.15, 0.2) is 41.1 Å². The molecule has 0 aliphatic carbocycles. The average molecular weight is 259 g/mol. The van der Waals surface area contributed by atoms with Gasteiger partial charge in [0.1, 0.15) is 0 Å². The fourth-order valence-corrected chi connectivity index (χ4v) is 2.47. The molecule has 0 saturated carbocycles. The second-order valence-electron chi connectivity index (χ2n) is 4.16. The van der Waals surface area contributed by atoms with Gasteiger partial charge in [-0.05, 0) is 53.1 Å². The Morgan fingerprint density at radius 1 is 1.22 bits per heavy atom. The number of nitrogens with one attached hydrogen (secondary N) is 1. The average Bonchev–Trinajstić information content (AvgIpc) is 2.92. The highest BCUT2D eigenvalue weighted by Crippen LogP contribution is 2.12. The Morgan fingerprint density at radius 2 is 2.00 bits per heavy atom. The summed E-state index contributed by atoms with van der Waals surface area (Å²) in [5.41, 5.74) is 3.23. The molecule has 1 heterocycles. The summed E-state index contributed by atoms with van der Waals surface area (Å²) >= 11 is 1.73. The Labute approximate surface area is 112 Å². The van der Waals surface area contributed by atoms with Crippen molar-refractivity contribution in [1.29, 1.82) is 0 Å². The molecule has 3 heteroatoms. The van der Waals surface area contributed by atoms with Crippen LogP contribution in [0.2, 0.25) is 0 Å². The van der Waals surface area contributed by atoms with E-state index in [0.29, 0.717) is 6.42 Å². The minimum Gasteiger partial charge on any atom is -0.385 e. The van der Waals surface area contributed by atoms with E-state index >= 15 is 0 Å². The van der Waals surface area contributed by atoms with E-state index in [0.717, 1.165) is 24.2 Å². The Balaban J connectivity index is 1.85. The van der Waals surface area contributed by atoms with Crippen molar-refractivity contribution in [3.8, 4) is 0 Å². The number of carbonyl (C=O) groups excluding carboxylic acids is 1. The molecule has 0 unspecified atom stereocenters. The molecule has 1 aromatic heterocycles. The van der Waals surface area contributed by atoms with E-state index in [2.05, 4.69) is 22.1 Å². The molecule has 0 fully saturated rings. The molecule has 0 atom stereocenters. The number of ketones is 1. The topological polar surface area (TPSA) is 29.1 Å². The molecule has 0 aliphatic heterocycles. The first kappa shape index (κ1) is 12.8. The quantitative estimate of drug-likeness (QED) is 0.795. The highest BCUT2D eigenvalue weighted by atomic mass is 32.1. The van der Waals surface area contributed by atoms with Crippen LogP contribution in [0, 0.1) is 0 Å². The van der Waals surface area contributed by atoms with Crippen molar-refractivity contribution in [3.63, 3.8) is 0 Å². The molecular formula is C15H17NOS. The van der Waals surface area contributed by atoms with Gasteiger partial charge in [0, 0.05) is 24.2 Å². The lowest BCUT2D eigenvalue weighted by Gasteiger charge is -2.06. The molecule has 0 bridgehead atoms. The fourth-order valence-electron chi connectivity index (χ4n) is 1.76. The third-order valence-corrected chi connectivity index (χ3v) is 3.58. The first-order chi connectivity index (χ1) is 8.79. The molecule has 2 nitrogen and oxygen atoms in total. The van der Waals surface area contributed by atoms with Crippen LogP contribution in [-0.2, 0) is 6.42 Å². The van der Waals surface area contributed by atoms with E-state index in [9.17, 15) is 4.79 Å². The van der Waals surface area contributed by atoms with Crippen LogP contribution in [0.3, 0.4) is 0 Å². The standard InChI is InChI=1S/C15H17NOS/c1-2-15(17)13-3-5-14(6-4-13)16-9-7-12-8-10-18-11-12/h3-6,8,10-11,16H,2,7,9H2,1H3. The summed E-state index contributed by atoms with van der Waals surface area (Å²) in [6, 6.07) is 9.86. The summed E-state index contributed by atoms with van der Waals surface area (Å²) in [5, 5.41) is 7.63. The molecule has 18 heavy (non-hydrogen) atoms. The van der Waals surface area contributed by atoms with Crippen molar-refractivity contribution in [2.24, 2.45) is 0 Å². The molecule has 0 amide bonds. The van der Waals surface area contributed by atoms with Gasteiger partial charge in [0.15, 0.2) is 5.78 Å². The van der Waals surface area contributed by atoms with Crippen molar-refractivity contribution in [2.75, 3.05) is 11.9 Å². The second kappa shape index (κ2) is 6.36. The smallest absolute Gasteiger partial charge is 0.162 e. The molecule has 0 aliphatic rings. The molecule has 2 aromatic rings. The van der Waals surface area contributed by atoms with E-state index in [4.69, 9.17) is 0 Å². The molecular weight excluding hydrogens is 242 g/mol. The van der Waals surface area contributed by atoms with Crippen molar-refractivity contribution in [1.82, 2.24) is 0 Å². The number of hydrogen-bond donors (Lipinski definition) is 1. The highest BCUT2D eigenvalue weighted by Gasteiger charge is 2.02. The van der Waals surface area contributed by atoms with E-state index in [-0.39, 0.29) is 5.78 Å². The number of hydrogen-bond acceptors (Lipinski definition) is 3. The number of Topliss-reactive ketones (excluding diaryl/α,β-unsaturated/α-hetero) is 1. The Kier molecular flexibility index (Phi) is 4.53. The van der Waals surface area contributed by atoms with Gasteiger partial charge >= 0.3 is 0 Å². The second-order valence-corrected chi connectivity index (χ2v) is 4.94. The Morgan fingerprint density at radius 3 is 2.61 bits per heavy atom. The fraction of sp³-hybridized carbons (Fsp3) is 0.267. The van der Waals surface area contributed by atoms with Crippen LogP contribution in [0.4, 0.5) is 5.69 Å². The van der Waals surface area contributed by atoms with Crippen molar-refractivity contribution < 1.29 is 4.79 Å². The number of carbonyl (C=O) groups is 1. The summed E-state index contributed by atoms with van der Waals surface area (Å²) < 4.78 is 0. The zero-order chi connectivity index (χ0) is 12.8. The summed E-state index contributed by atoms with van der Waals surface area (Å²) in [7, 11) is 0. The Hall–Kier alpha value is -1.61. The lowest BCUT2D eigenvalue weighted by molar-refractivity contribution is 0.0988. The largest absolute Gasteiger partial charge is 0.385 e. The van der Waals surface area contributed by atoms with E-state index < -0.39 is 0 Å². The lowest BCUT2D eigenvalue weighted by Crippen LogP contribution is -2.04. The van der Waals surface area contributed by atoms with Gasteiger partial charge in [-0.25, -0.2) is 0 Å². The summed E-state index contributed by atoms with van der Waals surface area (Å²) in [6.45, 7) is 2.80. The maximum absolute atomic E-state index is 11.5. The van der Waals surface area contributed by atoms with Gasteiger partial charge in [-0.2, -0.15) is 11.3 Å². The first-order valence-corrected chi connectivity index (χ1v) is 7.12. The van der Waals surface area contributed by atoms with E-state index in [1.165, 1.54) is 5.56 Å². The van der Waals surface area contributed by atoms with Crippen LogP contribution in [-0.4, -0.2) is 12.3 Å². The van der Waals surface area contributed by atoms with E-state index in [1.54, 1.807) is 11.3 Å².